The summed E-state index contributed by atoms with van der Waals surface area (Å²) in [5.41, 5.74) is 1.81. The molecule has 0 aliphatic carbocycles. The van der Waals surface area contributed by atoms with E-state index >= 15 is 0 Å². The highest BCUT2D eigenvalue weighted by Crippen LogP contribution is 2.26. The summed E-state index contributed by atoms with van der Waals surface area (Å²) in [6, 6.07) is 3.97. The minimum absolute atomic E-state index is 0.584. The maximum Gasteiger partial charge on any atom is 0.254 e. The van der Waals surface area contributed by atoms with E-state index < -0.39 is 0 Å². The van der Waals surface area contributed by atoms with Crippen molar-refractivity contribution in [3.63, 3.8) is 0 Å². The Morgan fingerprint density at radius 3 is 3.18 bits per heavy atom. The lowest BCUT2D eigenvalue weighted by atomic mass is 10.2. The molecule has 0 saturated carbocycles. The molecule has 88 valence electrons. The van der Waals surface area contributed by atoms with Gasteiger partial charge in [-0.3, -0.25) is 0 Å². The van der Waals surface area contributed by atoms with Crippen molar-refractivity contribution >= 4 is 11.7 Å². The van der Waals surface area contributed by atoms with Gasteiger partial charge in [-0.15, -0.1) is 11.0 Å². The molecular formula is C12H14N3OS+. The number of hydrogen-bond acceptors (Lipinski definition) is 4. The van der Waals surface area contributed by atoms with E-state index in [1.54, 1.807) is 0 Å². The van der Waals surface area contributed by atoms with E-state index in [0.29, 0.717) is 12.5 Å². The van der Waals surface area contributed by atoms with Gasteiger partial charge in [0.15, 0.2) is 18.1 Å². The molecule has 0 aliphatic rings. The molecule has 0 fully saturated rings. The largest absolute Gasteiger partial charge is 0.475 e. The summed E-state index contributed by atoms with van der Waals surface area (Å²) in [6.45, 7) is 4.24. The molecule has 0 spiro atoms. The third-order valence-electron chi connectivity index (χ3n) is 2.23. The normalized spacial score (nSPS) is 10.2. The van der Waals surface area contributed by atoms with Gasteiger partial charge in [-0.25, -0.2) is 4.57 Å². The topological polar surface area (TPSA) is 38.9 Å². The molecule has 2 heterocycles. The van der Waals surface area contributed by atoms with Crippen LogP contribution in [0.1, 0.15) is 6.42 Å². The second-order valence-electron chi connectivity index (χ2n) is 3.60. The number of ether oxygens (including phenoxy) is 1. The van der Waals surface area contributed by atoms with Gasteiger partial charge in [0.1, 0.15) is 7.05 Å². The molecule has 0 amide bonds. The van der Waals surface area contributed by atoms with Gasteiger partial charge in [0.2, 0.25) is 0 Å². The molecule has 17 heavy (non-hydrogen) atoms. The fraction of sp³-hybridized carbons (Fsp3) is 0.250. The second kappa shape index (κ2) is 5.54. The van der Waals surface area contributed by atoms with Crippen LogP contribution in [0.2, 0.25) is 0 Å². The Bertz CT molecular complexity index is 510. The molecule has 0 unspecified atom stereocenters. The summed E-state index contributed by atoms with van der Waals surface area (Å²) in [7, 11) is 1.97. The van der Waals surface area contributed by atoms with Crippen molar-refractivity contribution < 1.29 is 9.30 Å². The molecule has 0 radical (unpaired) electrons. The quantitative estimate of drug-likeness (QED) is 0.461. The van der Waals surface area contributed by atoms with E-state index in [1.165, 1.54) is 0 Å². The summed E-state index contributed by atoms with van der Waals surface area (Å²) in [6.07, 6.45) is 6.60. The molecule has 0 aliphatic heterocycles. The molecule has 4 nitrogen and oxygen atoms in total. The van der Waals surface area contributed by atoms with Crippen LogP contribution in [-0.2, 0) is 7.05 Å². The highest BCUT2D eigenvalue weighted by atomic mass is 32.1. The van der Waals surface area contributed by atoms with Crippen LogP contribution in [0.5, 0.6) is 5.88 Å². The smallest absolute Gasteiger partial charge is 0.254 e. The van der Waals surface area contributed by atoms with Gasteiger partial charge in [-0.2, -0.15) is 4.37 Å². The lowest BCUT2D eigenvalue weighted by Crippen LogP contribution is -2.26. The maximum atomic E-state index is 5.57. The number of pyridine rings is 1. The van der Waals surface area contributed by atoms with E-state index in [0.717, 1.165) is 29.4 Å². The fourth-order valence-electron chi connectivity index (χ4n) is 1.42. The van der Waals surface area contributed by atoms with Crippen LogP contribution in [0.3, 0.4) is 0 Å². The predicted octanol–water partition coefficient (Wildman–Crippen LogP) is 1.98. The van der Waals surface area contributed by atoms with Crippen molar-refractivity contribution in [3.8, 4) is 17.1 Å². The van der Waals surface area contributed by atoms with Crippen molar-refractivity contribution in [3.05, 3.63) is 37.2 Å². The number of hydrogen-bond donors (Lipinski definition) is 0. The van der Waals surface area contributed by atoms with Crippen LogP contribution in [0, 0.1) is 0 Å². The average molecular weight is 248 g/mol. The molecule has 0 N–H and O–H groups in total. The zero-order valence-electron chi connectivity index (χ0n) is 9.67. The zero-order chi connectivity index (χ0) is 12.1. The van der Waals surface area contributed by atoms with Crippen LogP contribution in [0.4, 0.5) is 0 Å². The number of nitrogens with zero attached hydrogens (tertiary/aromatic N) is 3. The van der Waals surface area contributed by atoms with Crippen LogP contribution in [0.25, 0.3) is 11.3 Å². The molecular weight excluding hydrogens is 234 g/mol. The summed E-state index contributed by atoms with van der Waals surface area (Å²) < 4.78 is 16.0. The Morgan fingerprint density at radius 1 is 1.53 bits per heavy atom. The average Bonchev–Trinajstić information content (AvgIpc) is 2.78. The molecule has 2 aromatic heterocycles. The highest BCUT2D eigenvalue weighted by molar-refractivity contribution is 6.99. The second-order valence-corrected chi connectivity index (χ2v) is 4.13. The molecule has 2 rings (SSSR count). The summed E-state index contributed by atoms with van der Waals surface area (Å²) in [5, 5.41) is 0. The summed E-state index contributed by atoms with van der Waals surface area (Å²) in [5.74, 6) is 0.600. The highest BCUT2D eigenvalue weighted by Gasteiger charge is 2.13. The summed E-state index contributed by atoms with van der Waals surface area (Å²) in [4.78, 5) is 0. The van der Waals surface area contributed by atoms with Crippen molar-refractivity contribution in [1.29, 1.82) is 0 Å². The van der Waals surface area contributed by atoms with Crippen LogP contribution >= 0.6 is 11.7 Å². The van der Waals surface area contributed by atoms with Crippen molar-refractivity contribution in [2.24, 2.45) is 7.05 Å². The SMILES string of the molecule is C=CCCOc1nsnc1-c1ccc[n+](C)c1. The first-order valence-corrected chi connectivity index (χ1v) is 6.06. The lowest BCUT2D eigenvalue weighted by molar-refractivity contribution is -0.671. The molecule has 0 aromatic carbocycles. The Hall–Kier alpha value is -1.75. The number of aromatic nitrogens is 3. The minimum atomic E-state index is 0.584. The first-order chi connectivity index (χ1) is 8.31. The Kier molecular flexibility index (Phi) is 3.82. The van der Waals surface area contributed by atoms with Crippen LogP contribution in [0.15, 0.2) is 37.2 Å². The van der Waals surface area contributed by atoms with Gasteiger partial charge in [0, 0.05) is 6.07 Å². The lowest BCUT2D eigenvalue weighted by Gasteiger charge is -2.02. The van der Waals surface area contributed by atoms with Crippen molar-refractivity contribution in [2.45, 2.75) is 6.42 Å². The standard InChI is InChI=1S/C12H14N3OS/c1-3-4-8-16-12-11(13-17-14-12)10-6-5-7-15(2)9-10/h3,5-7,9H,1,4,8H2,2H3/q+1. The minimum Gasteiger partial charge on any atom is -0.475 e. The first-order valence-electron chi connectivity index (χ1n) is 5.33. The Balaban J connectivity index is 2.21. The van der Waals surface area contributed by atoms with Gasteiger partial charge in [-0.05, 0) is 12.5 Å². The van der Waals surface area contributed by atoms with Gasteiger partial charge in [0.05, 0.1) is 23.9 Å². The third-order valence-corrected chi connectivity index (χ3v) is 2.74. The van der Waals surface area contributed by atoms with Gasteiger partial charge >= 0.3 is 0 Å². The molecule has 2 aromatic rings. The molecule has 0 saturated heterocycles. The van der Waals surface area contributed by atoms with E-state index in [1.807, 2.05) is 42.2 Å². The van der Waals surface area contributed by atoms with Crippen molar-refractivity contribution in [1.82, 2.24) is 8.75 Å². The van der Waals surface area contributed by atoms with Gasteiger partial charge in [0.25, 0.3) is 5.88 Å². The Morgan fingerprint density at radius 2 is 2.41 bits per heavy atom. The van der Waals surface area contributed by atoms with Gasteiger partial charge < -0.3 is 4.74 Å². The monoisotopic (exact) mass is 248 g/mol. The zero-order valence-corrected chi connectivity index (χ0v) is 10.5. The van der Waals surface area contributed by atoms with E-state index in [4.69, 9.17) is 4.74 Å². The van der Waals surface area contributed by atoms with Crippen LogP contribution in [-0.4, -0.2) is 15.4 Å². The third kappa shape index (κ3) is 2.88. The van der Waals surface area contributed by atoms with E-state index in [9.17, 15) is 0 Å². The summed E-state index contributed by atoms with van der Waals surface area (Å²) >= 11 is 1.16. The van der Waals surface area contributed by atoms with Crippen molar-refractivity contribution in [2.75, 3.05) is 6.61 Å². The van der Waals surface area contributed by atoms with E-state index in [-0.39, 0.29) is 0 Å². The number of aryl methyl sites for hydroxylation is 1. The number of rotatable bonds is 5. The Labute approximate surface area is 105 Å². The van der Waals surface area contributed by atoms with Crippen LogP contribution < -0.4 is 9.30 Å². The fourth-order valence-corrected chi connectivity index (χ4v) is 1.94. The first kappa shape index (κ1) is 11.7. The van der Waals surface area contributed by atoms with E-state index in [2.05, 4.69) is 15.3 Å². The molecule has 0 atom stereocenters. The maximum absolute atomic E-state index is 5.57. The molecule has 0 bridgehead atoms. The van der Waals surface area contributed by atoms with Gasteiger partial charge in [-0.1, -0.05) is 6.08 Å². The molecule has 5 heteroatoms. The predicted molar refractivity (Wildman–Crippen MR) is 66.8 cm³/mol.